The molecule has 2 aromatic heterocycles. The smallest absolute Gasteiger partial charge is 0.274 e. The standard InChI is InChI=1S/C28H27F2N5O2/c1-16-13-20(14-17(2)33-16)25-24(19-7-9-21(29)10-8-19)35-27(31)26(34-25)28(36)32-15-22-18(11-12-37-3)5-4-6-23(22)30/h4-10,13-14H,11-12,15H2,1-3H3,(H2,31,35)(H,32,36). The third kappa shape index (κ3) is 5.95. The van der Waals surface area contributed by atoms with Crippen molar-refractivity contribution < 1.29 is 18.3 Å². The van der Waals surface area contributed by atoms with E-state index in [0.717, 1.165) is 17.0 Å². The maximum Gasteiger partial charge on any atom is 0.274 e. The number of methoxy groups -OCH3 is 1. The zero-order valence-corrected chi connectivity index (χ0v) is 20.8. The number of hydrogen-bond acceptors (Lipinski definition) is 6. The fourth-order valence-corrected chi connectivity index (χ4v) is 4.10. The van der Waals surface area contributed by atoms with Gasteiger partial charge in [0.1, 0.15) is 11.6 Å². The molecule has 0 radical (unpaired) electrons. The third-order valence-corrected chi connectivity index (χ3v) is 5.83. The van der Waals surface area contributed by atoms with Crippen molar-refractivity contribution in [1.82, 2.24) is 20.3 Å². The topological polar surface area (TPSA) is 103 Å². The highest BCUT2D eigenvalue weighted by Crippen LogP contribution is 2.31. The molecule has 0 fully saturated rings. The van der Waals surface area contributed by atoms with Crippen LogP contribution in [0.2, 0.25) is 0 Å². The van der Waals surface area contributed by atoms with Crippen LogP contribution in [0.25, 0.3) is 22.5 Å². The van der Waals surface area contributed by atoms with Gasteiger partial charge < -0.3 is 15.8 Å². The van der Waals surface area contributed by atoms with Gasteiger partial charge in [-0.1, -0.05) is 12.1 Å². The van der Waals surface area contributed by atoms with Crippen molar-refractivity contribution in [2.24, 2.45) is 0 Å². The molecule has 2 heterocycles. The maximum absolute atomic E-state index is 14.6. The van der Waals surface area contributed by atoms with Gasteiger partial charge in [0.05, 0.1) is 18.0 Å². The number of halogens is 2. The van der Waals surface area contributed by atoms with Crippen LogP contribution in [0.1, 0.15) is 33.0 Å². The van der Waals surface area contributed by atoms with Gasteiger partial charge in [-0.05, 0) is 68.3 Å². The fraction of sp³-hybridized carbons (Fsp3) is 0.214. The lowest BCUT2D eigenvalue weighted by Gasteiger charge is -2.15. The van der Waals surface area contributed by atoms with Crippen LogP contribution in [0, 0.1) is 25.5 Å². The molecule has 37 heavy (non-hydrogen) atoms. The molecule has 0 unspecified atom stereocenters. The summed E-state index contributed by atoms with van der Waals surface area (Å²) in [6, 6.07) is 14.2. The molecule has 2 aromatic carbocycles. The first-order chi connectivity index (χ1) is 17.8. The number of nitrogens with one attached hydrogen (secondary N) is 1. The summed E-state index contributed by atoms with van der Waals surface area (Å²) in [5.41, 5.74) is 10.8. The molecule has 0 bridgehead atoms. The van der Waals surface area contributed by atoms with Crippen LogP contribution in [0.15, 0.2) is 54.6 Å². The Morgan fingerprint density at radius 3 is 2.30 bits per heavy atom. The number of aromatic nitrogens is 3. The zero-order valence-electron chi connectivity index (χ0n) is 20.8. The Hall–Kier alpha value is -4.24. The largest absolute Gasteiger partial charge is 0.384 e. The minimum Gasteiger partial charge on any atom is -0.384 e. The van der Waals surface area contributed by atoms with Crippen LogP contribution in [0.5, 0.6) is 0 Å². The van der Waals surface area contributed by atoms with E-state index < -0.39 is 17.5 Å². The molecule has 190 valence electrons. The fourth-order valence-electron chi connectivity index (χ4n) is 4.10. The summed E-state index contributed by atoms with van der Waals surface area (Å²) in [7, 11) is 1.57. The van der Waals surface area contributed by atoms with Crippen molar-refractivity contribution in [3.05, 3.63) is 94.4 Å². The first-order valence-electron chi connectivity index (χ1n) is 11.7. The van der Waals surface area contributed by atoms with E-state index in [9.17, 15) is 13.6 Å². The summed E-state index contributed by atoms with van der Waals surface area (Å²) < 4.78 is 33.2. The molecule has 0 aliphatic carbocycles. The lowest BCUT2D eigenvalue weighted by molar-refractivity contribution is 0.0946. The van der Waals surface area contributed by atoms with Gasteiger partial charge >= 0.3 is 0 Å². The molecule has 7 nitrogen and oxygen atoms in total. The molecule has 0 aliphatic heterocycles. The van der Waals surface area contributed by atoms with Crippen LogP contribution < -0.4 is 11.1 Å². The van der Waals surface area contributed by atoms with Gasteiger partial charge in [-0.15, -0.1) is 0 Å². The quantitative estimate of drug-likeness (QED) is 0.358. The number of anilines is 1. The number of benzene rings is 2. The van der Waals surface area contributed by atoms with Crippen molar-refractivity contribution >= 4 is 11.7 Å². The molecule has 4 rings (SSSR count). The molecular weight excluding hydrogens is 476 g/mol. The molecule has 1 amide bonds. The summed E-state index contributed by atoms with van der Waals surface area (Å²) in [6.45, 7) is 4.06. The number of nitrogen functional groups attached to an aromatic ring is 1. The van der Waals surface area contributed by atoms with E-state index in [1.54, 1.807) is 31.4 Å². The molecule has 0 aliphatic rings. The van der Waals surface area contributed by atoms with Crippen molar-refractivity contribution in [3.8, 4) is 22.5 Å². The molecule has 3 N–H and O–H groups in total. The number of aryl methyl sites for hydroxylation is 2. The van der Waals surface area contributed by atoms with Crippen LogP contribution >= 0.6 is 0 Å². The number of nitrogens with zero attached hydrogens (tertiary/aromatic N) is 3. The Morgan fingerprint density at radius 1 is 0.946 bits per heavy atom. The predicted molar refractivity (Wildman–Crippen MR) is 138 cm³/mol. The van der Waals surface area contributed by atoms with E-state index in [2.05, 4.69) is 20.3 Å². The van der Waals surface area contributed by atoms with Gasteiger partial charge in [-0.2, -0.15) is 0 Å². The zero-order chi connectivity index (χ0) is 26.5. The number of ether oxygens (including phenoxy) is 1. The Labute approximate surface area is 213 Å². The van der Waals surface area contributed by atoms with Gasteiger partial charge in [-0.25, -0.2) is 18.7 Å². The van der Waals surface area contributed by atoms with Crippen LogP contribution in [0.3, 0.4) is 0 Å². The molecule has 0 atom stereocenters. The second-order valence-electron chi connectivity index (χ2n) is 8.60. The highest BCUT2D eigenvalue weighted by molar-refractivity contribution is 5.98. The molecule has 4 aromatic rings. The SMILES string of the molecule is COCCc1cccc(F)c1CNC(=O)c1nc(-c2cc(C)nc(C)c2)c(-c2ccc(F)cc2)nc1N. The monoisotopic (exact) mass is 503 g/mol. The van der Waals surface area contributed by atoms with Crippen LogP contribution in [0.4, 0.5) is 14.6 Å². The van der Waals surface area contributed by atoms with E-state index in [0.29, 0.717) is 41.1 Å². The summed E-state index contributed by atoms with van der Waals surface area (Å²) >= 11 is 0. The van der Waals surface area contributed by atoms with Crippen LogP contribution in [-0.4, -0.2) is 34.6 Å². The Bertz CT molecular complexity index is 1420. The van der Waals surface area contributed by atoms with Gasteiger partial charge in [0.25, 0.3) is 5.91 Å². The average Bonchev–Trinajstić information content (AvgIpc) is 2.86. The molecule has 9 heteroatoms. The number of carbonyl (C=O) groups excluding carboxylic acids is 1. The number of amides is 1. The highest BCUT2D eigenvalue weighted by atomic mass is 19.1. The maximum atomic E-state index is 14.6. The number of nitrogens with two attached hydrogens (primary N) is 1. The average molecular weight is 504 g/mol. The summed E-state index contributed by atoms with van der Waals surface area (Å²) in [4.78, 5) is 26.7. The molecule has 0 saturated carbocycles. The van der Waals surface area contributed by atoms with E-state index in [1.165, 1.54) is 18.2 Å². The second-order valence-corrected chi connectivity index (χ2v) is 8.60. The van der Waals surface area contributed by atoms with E-state index in [4.69, 9.17) is 10.5 Å². The number of rotatable bonds is 8. The van der Waals surface area contributed by atoms with Crippen molar-refractivity contribution in [3.63, 3.8) is 0 Å². The number of pyridine rings is 1. The van der Waals surface area contributed by atoms with E-state index in [1.807, 2.05) is 26.0 Å². The number of hydrogen-bond donors (Lipinski definition) is 2. The Balaban J connectivity index is 1.73. The van der Waals surface area contributed by atoms with Gasteiger partial charge in [0.2, 0.25) is 0 Å². The minimum atomic E-state index is -0.597. The summed E-state index contributed by atoms with van der Waals surface area (Å²) in [5, 5.41) is 2.72. The van der Waals surface area contributed by atoms with Crippen LogP contribution in [-0.2, 0) is 17.7 Å². The summed E-state index contributed by atoms with van der Waals surface area (Å²) in [6.07, 6.45) is 0.499. The highest BCUT2D eigenvalue weighted by Gasteiger charge is 2.21. The van der Waals surface area contributed by atoms with E-state index >= 15 is 0 Å². The molecule has 0 spiro atoms. The second kappa shape index (κ2) is 11.2. The number of carbonyl (C=O) groups is 1. The summed E-state index contributed by atoms with van der Waals surface area (Å²) in [5.74, 6) is -1.52. The van der Waals surface area contributed by atoms with Gasteiger partial charge in [0.15, 0.2) is 11.5 Å². The lowest BCUT2D eigenvalue weighted by Crippen LogP contribution is -2.27. The predicted octanol–water partition coefficient (Wildman–Crippen LogP) is 4.80. The normalized spacial score (nSPS) is 10.9. The van der Waals surface area contributed by atoms with Gasteiger partial charge in [-0.3, -0.25) is 9.78 Å². The van der Waals surface area contributed by atoms with Crippen molar-refractivity contribution in [2.75, 3.05) is 19.5 Å². The van der Waals surface area contributed by atoms with E-state index in [-0.39, 0.29) is 18.1 Å². The Kier molecular flexibility index (Phi) is 7.83. The third-order valence-electron chi connectivity index (χ3n) is 5.83. The van der Waals surface area contributed by atoms with Crippen molar-refractivity contribution in [1.29, 1.82) is 0 Å². The Morgan fingerprint density at radius 2 is 1.62 bits per heavy atom. The first kappa shape index (κ1) is 25.8. The van der Waals surface area contributed by atoms with Crippen molar-refractivity contribution in [2.45, 2.75) is 26.8 Å². The lowest BCUT2D eigenvalue weighted by atomic mass is 10.0. The molecule has 0 saturated heterocycles. The first-order valence-corrected chi connectivity index (χ1v) is 11.7. The minimum absolute atomic E-state index is 0.0613. The molecular formula is C28H27F2N5O2. The van der Waals surface area contributed by atoms with Gasteiger partial charge in [0, 0.05) is 41.7 Å².